The van der Waals surface area contributed by atoms with E-state index in [2.05, 4.69) is 25.2 Å². The molecule has 0 spiro atoms. The van der Waals surface area contributed by atoms with Crippen molar-refractivity contribution in [1.82, 2.24) is 5.32 Å². The summed E-state index contributed by atoms with van der Waals surface area (Å²) < 4.78 is 0. The first-order chi connectivity index (χ1) is 7.57. The molecule has 1 N–H and O–H groups in total. The van der Waals surface area contributed by atoms with Crippen LogP contribution in [-0.4, -0.2) is 23.5 Å². The molecule has 0 unspecified atom stereocenters. The van der Waals surface area contributed by atoms with E-state index in [0.717, 1.165) is 29.9 Å². The quantitative estimate of drug-likeness (QED) is 0.803. The van der Waals surface area contributed by atoms with Gasteiger partial charge in [-0.15, -0.1) is 0 Å². The first-order valence-corrected chi connectivity index (χ1v) is 7.30. The van der Waals surface area contributed by atoms with Crippen LogP contribution in [0, 0.1) is 5.41 Å². The zero-order valence-electron chi connectivity index (χ0n) is 10.2. The maximum atomic E-state index is 11.9. The van der Waals surface area contributed by atoms with Gasteiger partial charge >= 0.3 is 0 Å². The highest BCUT2D eigenvalue weighted by Gasteiger charge is 2.28. The lowest BCUT2D eigenvalue weighted by Crippen LogP contribution is -2.40. The molecule has 0 bridgehead atoms. The number of amides is 1. The Kier molecular flexibility index (Phi) is 3.63. The minimum absolute atomic E-state index is 0.176. The molecule has 0 atom stereocenters. The molecule has 2 rings (SSSR count). The van der Waals surface area contributed by atoms with Gasteiger partial charge in [0.25, 0.3) is 0 Å². The first-order valence-electron chi connectivity index (χ1n) is 6.14. The third-order valence-electron chi connectivity index (χ3n) is 3.67. The molecule has 0 aromatic rings. The van der Waals surface area contributed by atoms with Gasteiger partial charge < -0.3 is 5.32 Å². The van der Waals surface area contributed by atoms with Crippen LogP contribution >= 0.6 is 11.8 Å². The Morgan fingerprint density at radius 2 is 2.12 bits per heavy atom. The van der Waals surface area contributed by atoms with Gasteiger partial charge in [-0.1, -0.05) is 19.9 Å². The van der Waals surface area contributed by atoms with Gasteiger partial charge in [0.05, 0.1) is 0 Å². The van der Waals surface area contributed by atoms with Crippen molar-refractivity contribution >= 4 is 17.7 Å². The molecular formula is C13H21NOS. The number of carbonyl (C=O) groups excluding carboxylic acids is 1. The van der Waals surface area contributed by atoms with Gasteiger partial charge in [-0.2, -0.15) is 11.8 Å². The molecule has 0 radical (unpaired) electrons. The summed E-state index contributed by atoms with van der Waals surface area (Å²) in [5.41, 5.74) is 1.46. The summed E-state index contributed by atoms with van der Waals surface area (Å²) in [6, 6.07) is 0.409. The molecule has 1 saturated carbocycles. The van der Waals surface area contributed by atoms with E-state index in [1.165, 1.54) is 12.8 Å². The van der Waals surface area contributed by atoms with E-state index in [9.17, 15) is 4.79 Å². The van der Waals surface area contributed by atoms with Crippen LogP contribution in [0.5, 0.6) is 0 Å². The number of carbonyl (C=O) groups is 1. The number of nitrogens with one attached hydrogen (secondary N) is 1. The van der Waals surface area contributed by atoms with Gasteiger partial charge in [0.2, 0.25) is 5.91 Å². The highest BCUT2D eigenvalue weighted by atomic mass is 32.2. The van der Waals surface area contributed by atoms with Crippen molar-refractivity contribution in [2.75, 3.05) is 11.5 Å². The summed E-state index contributed by atoms with van der Waals surface area (Å²) in [5, 5.41) is 3.18. The lowest BCUT2D eigenvalue weighted by atomic mass is 9.75. The normalized spacial score (nSPS) is 25.2. The van der Waals surface area contributed by atoms with Gasteiger partial charge in [0, 0.05) is 23.1 Å². The Hall–Kier alpha value is -0.440. The number of hydrogen-bond acceptors (Lipinski definition) is 2. The van der Waals surface area contributed by atoms with Gasteiger partial charge in [0.15, 0.2) is 0 Å². The van der Waals surface area contributed by atoms with Crippen LogP contribution in [0.1, 0.15) is 39.5 Å². The van der Waals surface area contributed by atoms with Crippen molar-refractivity contribution in [3.05, 3.63) is 11.6 Å². The first kappa shape index (κ1) is 12.0. The van der Waals surface area contributed by atoms with E-state index in [1.807, 2.05) is 11.8 Å². The van der Waals surface area contributed by atoms with Crippen molar-refractivity contribution in [3.63, 3.8) is 0 Å². The number of rotatable bonds is 2. The van der Waals surface area contributed by atoms with Crippen molar-refractivity contribution in [1.29, 1.82) is 0 Å². The Labute approximate surface area is 102 Å². The molecule has 2 aliphatic rings. The van der Waals surface area contributed by atoms with Crippen molar-refractivity contribution in [3.8, 4) is 0 Å². The average molecular weight is 239 g/mol. The van der Waals surface area contributed by atoms with E-state index in [0.29, 0.717) is 11.5 Å². The molecule has 1 aliphatic heterocycles. The standard InChI is InChI=1S/C13H21NOS/c1-13(2)6-3-11(4-7-13)14-12(15)10-5-8-16-9-10/h5,11H,3-4,6-9H2,1-2H3,(H,14,15). The second kappa shape index (κ2) is 4.82. The van der Waals surface area contributed by atoms with Crippen LogP contribution in [0.15, 0.2) is 11.6 Å². The van der Waals surface area contributed by atoms with Crippen LogP contribution in [0.25, 0.3) is 0 Å². The fourth-order valence-corrected chi connectivity index (χ4v) is 3.27. The van der Waals surface area contributed by atoms with Crippen LogP contribution < -0.4 is 5.32 Å². The molecule has 1 fully saturated rings. The zero-order chi connectivity index (χ0) is 11.6. The third kappa shape index (κ3) is 3.03. The predicted octanol–water partition coefficient (Wildman–Crippen LogP) is 2.74. The third-order valence-corrected chi connectivity index (χ3v) is 4.59. The molecule has 0 saturated heterocycles. The minimum Gasteiger partial charge on any atom is -0.350 e. The highest BCUT2D eigenvalue weighted by Crippen LogP contribution is 2.35. The summed E-state index contributed by atoms with van der Waals surface area (Å²) in [5.74, 6) is 2.07. The molecule has 1 aliphatic carbocycles. The molecule has 0 aromatic heterocycles. The SMILES string of the molecule is CC1(C)CCC(NC(=O)C2=CCSC2)CC1. The van der Waals surface area contributed by atoms with Crippen molar-refractivity contribution in [2.45, 2.75) is 45.6 Å². The maximum Gasteiger partial charge on any atom is 0.247 e. The van der Waals surface area contributed by atoms with Crippen LogP contribution in [0.3, 0.4) is 0 Å². The second-order valence-corrected chi connectivity index (χ2v) is 6.69. The van der Waals surface area contributed by atoms with Crippen LogP contribution in [0.4, 0.5) is 0 Å². The molecule has 0 aromatic carbocycles. The van der Waals surface area contributed by atoms with E-state index >= 15 is 0 Å². The Morgan fingerprint density at radius 3 is 2.69 bits per heavy atom. The van der Waals surface area contributed by atoms with Crippen LogP contribution in [0.2, 0.25) is 0 Å². The summed E-state index contributed by atoms with van der Waals surface area (Å²) in [6.45, 7) is 4.64. The second-order valence-electron chi connectivity index (χ2n) is 5.66. The smallest absolute Gasteiger partial charge is 0.247 e. The Bertz CT molecular complexity index is 299. The summed E-state index contributed by atoms with van der Waals surface area (Å²) in [7, 11) is 0. The maximum absolute atomic E-state index is 11.9. The molecule has 1 amide bonds. The van der Waals surface area contributed by atoms with Gasteiger partial charge in [-0.25, -0.2) is 0 Å². The van der Waals surface area contributed by atoms with Gasteiger partial charge in [0.1, 0.15) is 0 Å². The molecular weight excluding hydrogens is 218 g/mol. The van der Waals surface area contributed by atoms with Crippen molar-refractivity contribution < 1.29 is 4.79 Å². The predicted molar refractivity (Wildman–Crippen MR) is 69.6 cm³/mol. The monoisotopic (exact) mass is 239 g/mol. The number of thioether (sulfide) groups is 1. The summed E-state index contributed by atoms with van der Waals surface area (Å²) in [4.78, 5) is 11.9. The fourth-order valence-electron chi connectivity index (χ4n) is 2.37. The zero-order valence-corrected chi connectivity index (χ0v) is 11.0. The summed E-state index contributed by atoms with van der Waals surface area (Å²) >= 11 is 1.82. The van der Waals surface area contributed by atoms with Crippen molar-refractivity contribution in [2.24, 2.45) is 5.41 Å². The van der Waals surface area contributed by atoms with E-state index < -0.39 is 0 Å². The molecule has 90 valence electrons. The molecule has 3 heteroatoms. The minimum atomic E-state index is 0.176. The molecule has 2 nitrogen and oxygen atoms in total. The number of hydrogen-bond donors (Lipinski definition) is 1. The molecule has 16 heavy (non-hydrogen) atoms. The highest BCUT2D eigenvalue weighted by molar-refractivity contribution is 7.99. The van der Waals surface area contributed by atoms with Crippen LogP contribution in [-0.2, 0) is 4.79 Å². The lowest BCUT2D eigenvalue weighted by Gasteiger charge is -2.34. The largest absolute Gasteiger partial charge is 0.350 e. The van der Waals surface area contributed by atoms with E-state index in [1.54, 1.807) is 0 Å². The fraction of sp³-hybridized carbons (Fsp3) is 0.769. The summed E-state index contributed by atoms with van der Waals surface area (Å²) in [6.07, 6.45) is 6.79. The average Bonchev–Trinajstić information content (AvgIpc) is 2.74. The van der Waals surface area contributed by atoms with E-state index in [-0.39, 0.29) is 5.91 Å². The van der Waals surface area contributed by atoms with Gasteiger partial charge in [-0.05, 0) is 31.1 Å². The van der Waals surface area contributed by atoms with Gasteiger partial charge in [-0.3, -0.25) is 4.79 Å². The Morgan fingerprint density at radius 1 is 1.44 bits per heavy atom. The Balaban J connectivity index is 1.80. The molecule has 1 heterocycles. The topological polar surface area (TPSA) is 29.1 Å². The van der Waals surface area contributed by atoms with E-state index in [4.69, 9.17) is 0 Å². The lowest BCUT2D eigenvalue weighted by molar-refractivity contribution is -0.118.